The molecule has 0 aliphatic rings. The van der Waals surface area contributed by atoms with Gasteiger partial charge in [-0.3, -0.25) is 9.78 Å². The van der Waals surface area contributed by atoms with E-state index < -0.39 is 6.04 Å². The highest BCUT2D eigenvalue weighted by atomic mass is 35.5. The van der Waals surface area contributed by atoms with Crippen molar-refractivity contribution < 1.29 is 9.32 Å². The van der Waals surface area contributed by atoms with Crippen LogP contribution in [-0.2, 0) is 4.79 Å². The van der Waals surface area contributed by atoms with E-state index in [2.05, 4.69) is 20.4 Å². The summed E-state index contributed by atoms with van der Waals surface area (Å²) in [5, 5.41) is 7.82. The molecule has 0 bridgehead atoms. The summed E-state index contributed by atoms with van der Waals surface area (Å²) in [6.07, 6.45) is 6.26. The molecule has 0 fully saturated rings. The van der Waals surface area contributed by atoms with Crippen molar-refractivity contribution in [1.29, 1.82) is 0 Å². The minimum Gasteiger partial charge on any atom is -0.340 e. The molecule has 1 N–H and O–H groups in total. The molecule has 3 rings (SSSR count). The van der Waals surface area contributed by atoms with E-state index in [4.69, 9.17) is 27.7 Å². The van der Waals surface area contributed by atoms with Crippen molar-refractivity contribution in [2.75, 3.05) is 0 Å². The van der Waals surface area contributed by atoms with Crippen LogP contribution in [0.15, 0.2) is 53.3 Å². The number of carbonyl (C=O) groups excluding carboxylic acids is 1. The minimum absolute atomic E-state index is 0.0343. The first kappa shape index (κ1) is 20.0. The van der Waals surface area contributed by atoms with Gasteiger partial charge in [-0.2, -0.15) is 4.98 Å². The zero-order valence-corrected chi connectivity index (χ0v) is 16.8. The van der Waals surface area contributed by atoms with Crippen molar-refractivity contribution in [3.63, 3.8) is 0 Å². The first-order chi connectivity index (χ1) is 13.5. The minimum atomic E-state index is -0.443. The van der Waals surface area contributed by atoms with Gasteiger partial charge in [0.25, 0.3) is 0 Å². The molecule has 0 radical (unpaired) electrons. The Kier molecular flexibility index (Phi) is 6.44. The normalized spacial score (nSPS) is 12.5. The third-order valence-electron chi connectivity index (χ3n) is 4.01. The maximum absolute atomic E-state index is 12.4. The number of pyridine rings is 1. The Bertz CT molecular complexity index is 967. The number of benzene rings is 1. The molecule has 1 aromatic carbocycles. The van der Waals surface area contributed by atoms with E-state index in [0.717, 1.165) is 5.56 Å². The predicted molar refractivity (Wildman–Crippen MR) is 109 cm³/mol. The highest BCUT2D eigenvalue weighted by Crippen LogP contribution is 2.26. The van der Waals surface area contributed by atoms with Crippen LogP contribution in [0.1, 0.15) is 31.3 Å². The fraction of sp³-hybridized carbons (Fsp3) is 0.200. The monoisotopic (exact) mass is 416 g/mol. The van der Waals surface area contributed by atoms with E-state index in [1.165, 1.54) is 6.08 Å². The van der Waals surface area contributed by atoms with E-state index in [0.29, 0.717) is 27.3 Å². The summed E-state index contributed by atoms with van der Waals surface area (Å²) in [6.45, 7) is 3.91. The maximum atomic E-state index is 12.4. The third-order valence-corrected chi connectivity index (χ3v) is 4.67. The zero-order chi connectivity index (χ0) is 20.1. The van der Waals surface area contributed by atoms with Gasteiger partial charge in [0.15, 0.2) is 0 Å². The Morgan fingerprint density at radius 3 is 2.46 bits per heavy atom. The summed E-state index contributed by atoms with van der Waals surface area (Å²) in [7, 11) is 0. The molecular weight excluding hydrogens is 399 g/mol. The van der Waals surface area contributed by atoms with Gasteiger partial charge in [0, 0.05) is 39.6 Å². The van der Waals surface area contributed by atoms with Crippen molar-refractivity contribution in [1.82, 2.24) is 20.4 Å². The lowest BCUT2D eigenvalue weighted by Gasteiger charge is -2.17. The molecule has 28 heavy (non-hydrogen) atoms. The van der Waals surface area contributed by atoms with Gasteiger partial charge in [-0.15, -0.1) is 0 Å². The van der Waals surface area contributed by atoms with E-state index in [9.17, 15) is 4.79 Å². The number of hydrogen-bond donors (Lipinski definition) is 1. The van der Waals surface area contributed by atoms with Gasteiger partial charge < -0.3 is 9.84 Å². The van der Waals surface area contributed by atoms with E-state index >= 15 is 0 Å². The van der Waals surface area contributed by atoms with Crippen molar-refractivity contribution in [3.8, 4) is 11.4 Å². The van der Waals surface area contributed by atoms with Crippen LogP contribution in [0.25, 0.3) is 17.5 Å². The van der Waals surface area contributed by atoms with Crippen LogP contribution >= 0.6 is 23.2 Å². The first-order valence-electron chi connectivity index (χ1n) is 8.62. The second kappa shape index (κ2) is 8.99. The fourth-order valence-electron chi connectivity index (χ4n) is 2.52. The van der Waals surface area contributed by atoms with Gasteiger partial charge in [0.1, 0.15) is 6.04 Å². The van der Waals surface area contributed by atoms with Gasteiger partial charge >= 0.3 is 0 Å². The molecule has 1 amide bonds. The highest BCUT2D eigenvalue weighted by Gasteiger charge is 2.24. The second-order valence-corrected chi connectivity index (χ2v) is 7.21. The van der Waals surface area contributed by atoms with Gasteiger partial charge in [-0.25, -0.2) is 0 Å². The summed E-state index contributed by atoms with van der Waals surface area (Å²) >= 11 is 12.2. The summed E-state index contributed by atoms with van der Waals surface area (Å²) in [6, 6.07) is 8.29. The molecule has 3 aromatic rings. The van der Waals surface area contributed by atoms with Gasteiger partial charge in [-0.05, 0) is 36.3 Å². The maximum Gasteiger partial charge on any atom is 0.249 e. The summed E-state index contributed by atoms with van der Waals surface area (Å²) in [5.41, 5.74) is 1.37. The van der Waals surface area contributed by atoms with Crippen LogP contribution in [0, 0.1) is 5.92 Å². The molecule has 2 heterocycles. The number of halogens is 2. The molecule has 0 aliphatic heterocycles. The molecule has 1 atom stereocenters. The number of hydrogen-bond acceptors (Lipinski definition) is 5. The Balaban J connectivity index is 1.76. The van der Waals surface area contributed by atoms with Crippen LogP contribution in [0.5, 0.6) is 0 Å². The average Bonchev–Trinajstić information content (AvgIpc) is 3.16. The Morgan fingerprint density at radius 2 is 1.82 bits per heavy atom. The van der Waals surface area contributed by atoms with E-state index in [-0.39, 0.29) is 11.8 Å². The Labute approximate surface area is 172 Å². The molecular formula is C20H18Cl2N4O2. The average molecular weight is 417 g/mol. The van der Waals surface area contributed by atoms with Crippen LogP contribution in [0.3, 0.4) is 0 Å². The van der Waals surface area contributed by atoms with Crippen LogP contribution < -0.4 is 5.32 Å². The first-order valence-corrected chi connectivity index (χ1v) is 9.38. The van der Waals surface area contributed by atoms with Gasteiger partial charge in [0.2, 0.25) is 17.6 Å². The fourth-order valence-corrected chi connectivity index (χ4v) is 3.05. The number of nitrogens with one attached hydrogen (secondary N) is 1. The molecule has 6 nitrogen and oxygen atoms in total. The molecule has 0 aliphatic carbocycles. The zero-order valence-electron chi connectivity index (χ0n) is 15.3. The Hall–Kier alpha value is -2.70. The topological polar surface area (TPSA) is 80.9 Å². The molecule has 0 saturated heterocycles. The quantitative estimate of drug-likeness (QED) is 0.573. The van der Waals surface area contributed by atoms with Gasteiger partial charge in [0.05, 0.1) is 0 Å². The van der Waals surface area contributed by atoms with Crippen molar-refractivity contribution in [2.45, 2.75) is 19.9 Å². The van der Waals surface area contributed by atoms with Crippen LogP contribution in [0.2, 0.25) is 10.0 Å². The van der Waals surface area contributed by atoms with Crippen molar-refractivity contribution in [2.24, 2.45) is 5.92 Å². The number of carbonyl (C=O) groups is 1. The van der Waals surface area contributed by atoms with Crippen LogP contribution in [-0.4, -0.2) is 21.0 Å². The number of aromatic nitrogens is 3. The van der Waals surface area contributed by atoms with Gasteiger partial charge in [-0.1, -0.05) is 48.3 Å². The number of nitrogens with zero attached hydrogens (tertiary/aromatic N) is 3. The molecule has 0 saturated carbocycles. The molecule has 144 valence electrons. The lowest BCUT2D eigenvalue weighted by atomic mass is 10.0. The van der Waals surface area contributed by atoms with Crippen LogP contribution in [0.4, 0.5) is 0 Å². The summed E-state index contributed by atoms with van der Waals surface area (Å²) in [4.78, 5) is 20.8. The summed E-state index contributed by atoms with van der Waals surface area (Å²) < 4.78 is 5.38. The van der Waals surface area contributed by atoms with E-state index in [1.54, 1.807) is 48.8 Å². The highest BCUT2D eigenvalue weighted by molar-refractivity contribution is 6.37. The predicted octanol–water partition coefficient (Wildman–Crippen LogP) is 4.97. The smallest absolute Gasteiger partial charge is 0.249 e. The lowest BCUT2D eigenvalue weighted by molar-refractivity contribution is -0.117. The largest absolute Gasteiger partial charge is 0.340 e. The van der Waals surface area contributed by atoms with Crippen molar-refractivity contribution in [3.05, 3.63) is 70.3 Å². The SMILES string of the molecule is CC(C)C(NC(=O)/C=C/c1c(Cl)cccc1Cl)c1nc(-c2ccncc2)no1. The summed E-state index contributed by atoms with van der Waals surface area (Å²) in [5.74, 6) is 0.486. The van der Waals surface area contributed by atoms with Crippen molar-refractivity contribution >= 4 is 35.2 Å². The standard InChI is InChI=1S/C20H18Cl2N4O2/c1-12(2)18(20-25-19(26-28-20)13-8-10-23-11-9-13)24-17(27)7-6-14-15(21)4-3-5-16(14)22/h3-12,18H,1-2H3,(H,24,27)/b7-6+. The van der Waals surface area contributed by atoms with E-state index in [1.807, 2.05) is 13.8 Å². The Morgan fingerprint density at radius 1 is 1.14 bits per heavy atom. The molecule has 2 aromatic heterocycles. The molecule has 8 heteroatoms. The lowest BCUT2D eigenvalue weighted by Crippen LogP contribution is -2.30. The second-order valence-electron chi connectivity index (χ2n) is 6.39. The number of amides is 1. The third kappa shape index (κ3) is 4.77. The number of rotatable bonds is 6. The molecule has 0 spiro atoms. The molecule has 1 unspecified atom stereocenters.